The molecule has 35 nitrogen and oxygen atoms in total. The van der Waals surface area contributed by atoms with Gasteiger partial charge in [-0.05, 0) is 48.3 Å². The fraction of sp³-hybridized carbons (Fsp3) is 0.500. The predicted octanol–water partition coefficient (Wildman–Crippen LogP) is 2.42. The van der Waals surface area contributed by atoms with E-state index in [2.05, 4.69) is 68.7 Å². The number of halogens is 3. The minimum Gasteiger partial charge on any atom is -0.447 e. The molecule has 94 heavy (non-hydrogen) atoms. The second kappa shape index (κ2) is 29.3. The number of anilines is 3. The molecule has 0 aliphatic carbocycles. The van der Waals surface area contributed by atoms with Crippen LogP contribution in [0.5, 0.6) is 0 Å². The molecule has 4 aromatic heterocycles. The Morgan fingerprint density at radius 3 is 2.12 bits per heavy atom. The molecule has 10 rings (SSSR count). The van der Waals surface area contributed by atoms with E-state index >= 15 is 8.78 Å². The maximum absolute atomic E-state index is 16.8. The number of nitrogens with two attached hydrogens (primary N) is 2. The van der Waals surface area contributed by atoms with Gasteiger partial charge in [-0.25, -0.2) is 62.0 Å². The zero-order valence-electron chi connectivity index (χ0n) is 49.5. The average Bonchev–Trinajstić information content (AvgIpc) is 1.62. The Morgan fingerprint density at radius 1 is 0.830 bits per heavy atom. The Labute approximate surface area is 540 Å². The van der Waals surface area contributed by atoms with Crippen LogP contribution in [-0.2, 0) is 84.0 Å². The van der Waals surface area contributed by atoms with E-state index in [0.717, 1.165) is 45.5 Å². The van der Waals surface area contributed by atoms with Gasteiger partial charge in [0.2, 0.25) is 17.7 Å². The summed E-state index contributed by atoms with van der Waals surface area (Å²) < 4.78 is 109. The van der Waals surface area contributed by atoms with E-state index in [9.17, 15) is 52.2 Å². The molecule has 0 bridgehead atoms. The number of urea groups is 1. The third kappa shape index (κ3) is 16.2. The summed E-state index contributed by atoms with van der Waals surface area (Å²) in [5.41, 5.74) is 11.7. The van der Waals surface area contributed by atoms with Crippen molar-refractivity contribution < 1.29 is 98.0 Å². The zero-order chi connectivity index (χ0) is 67.3. The molecule has 4 fully saturated rings. The smallest absolute Gasteiger partial charge is 0.412 e. The summed E-state index contributed by atoms with van der Waals surface area (Å²) in [5, 5.41) is 12.7. The number of nitrogens with zero attached hydrogens (tertiary/aromatic N) is 10. The fourth-order valence-electron chi connectivity index (χ4n) is 10.6. The molecule has 10 N–H and O–H groups in total. The van der Waals surface area contributed by atoms with Gasteiger partial charge < -0.3 is 61.1 Å². The number of carbonyl (C=O) groups is 8. The number of hydrogen-bond donors (Lipinski definition) is 9. The summed E-state index contributed by atoms with van der Waals surface area (Å²) in [6.07, 6.45) is -11.5. The number of primary amides is 1. The van der Waals surface area contributed by atoms with E-state index < -0.39 is 167 Å². The lowest BCUT2D eigenvalue weighted by atomic mass is 10.0. The lowest BCUT2D eigenvalue weighted by Crippen LogP contribution is -2.54. The molecule has 1 aromatic carbocycles. The van der Waals surface area contributed by atoms with Crippen LogP contribution < -0.4 is 38.1 Å². The van der Waals surface area contributed by atoms with E-state index in [1.54, 1.807) is 13.8 Å². The highest BCUT2D eigenvalue weighted by molar-refractivity contribution is 8.44. The second-order valence-electron chi connectivity index (χ2n) is 22.1. The van der Waals surface area contributed by atoms with Crippen molar-refractivity contribution in [2.24, 2.45) is 11.7 Å². The number of imidazole rings is 2. The van der Waals surface area contributed by atoms with Gasteiger partial charge in [-0.1, -0.05) is 38.2 Å². The maximum Gasteiger partial charge on any atom is 0.412 e. The first-order valence-corrected chi connectivity index (χ1v) is 34.1. The number of alkyl halides is 3. The third-order valence-corrected chi connectivity index (χ3v) is 18.5. The summed E-state index contributed by atoms with van der Waals surface area (Å²) in [6.45, 7) is -8.66. The van der Waals surface area contributed by atoms with Gasteiger partial charge >= 0.3 is 31.7 Å². The van der Waals surface area contributed by atoms with Gasteiger partial charge in [-0.15, -0.1) is 0 Å². The first kappa shape index (κ1) is 68.8. The predicted molar refractivity (Wildman–Crippen MR) is 324 cm³/mol. The molecular weight excluding hydrogens is 1330 g/mol. The number of ether oxygens (including phenoxy) is 4. The molecule has 9 heterocycles. The van der Waals surface area contributed by atoms with Gasteiger partial charge in [0.1, 0.15) is 74.1 Å². The molecule has 4 saturated heterocycles. The first-order valence-electron chi connectivity index (χ1n) is 28.8. The first-order chi connectivity index (χ1) is 44.7. The van der Waals surface area contributed by atoms with Crippen molar-refractivity contribution >= 4 is 125 Å². The topological polar surface area (TPSA) is 454 Å². The molecule has 9 amide bonds. The molecule has 0 spiro atoms. The number of likely N-dealkylation sites (tertiary alicyclic amines) is 1. The summed E-state index contributed by atoms with van der Waals surface area (Å²) in [4.78, 5) is 140. The van der Waals surface area contributed by atoms with Crippen molar-refractivity contribution in [2.45, 2.75) is 120 Å². The van der Waals surface area contributed by atoms with Gasteiger partial charge in [0.05, 0.1) is 38.5 Å². The molecule has 5 aromatic rings. The largest absolute Gasteiger partial charge is 0.447 e. The van der Waals surface area contributed by atoms with Crippen LogP contribution in [0.3, 0.4) is 0 Å². The van der Waals surface area contributed by atoms with Crippen molar-refractivity contribution in [1.29, 1.82) is 0 Å². The molecule has 5 aliphatic rings. The van der Waals surface area contributed by atoms with Crippen molar-refractivity contribution in [3.05, 3.63) is 67.3 Å². The number of hydrogen-bond acceptors (Lipinski definition) is 25. The van der Waals surface area contributed by atoms with E-state index in [1.165, 1.54) is 35.2 Å². The number of nitrogen functional groups attached to an aromatic ring is 1. The minimum absolute atomic E-state index is 0.000324. The molecule has 5 aliphatic heterocycles. The van der Waals surface area contributed by atoms with Crippen LogP contribution in [-0.4, -0.2) is 202 Å². The Balaban J connectivity index is 0.712. The van der Waals surface area contributed by atoms with Crippen molar-refractivity contribution in [1.82, 2.24) is 64.8 Å². The highest BCUT2D eigenvalue weighted by Crippen LogP contribution is 2.59. The molecular formula is C52H62F3N17O18P2S2. The number of carbonyl (C=O) groups excluding carboxylic acids is 8. The van der Waals surface area contributed by atoms with Crippen LogP contribution in [0.15, 0.2) is 61.7 Å². The number of amides is 9. The van der Waals surface area contributed by atoms with Crippen LogP contribution in [0.2, 0.25) is 0 Å². The minimum atomic E-state index is -4.60. The maximum atomic E-state index is 16.8. The van der Waals surface area contributed by atoms with Crippen molar-refractivity contribution in [3.63, 3.8) is 0 Å². The van der Waals surface area contributed by atoms with Crippen LogP contribution in [0.4, 0.5) is 44.9 Å². The number of imide groups is 1. The number of benzene rings is 1. The standard InChI is InChI=1S/C52H62F3N17O18P2S2/c1-24(2)37(67-32(73)11-13-69-33(74)9-10-34(69)75)47(77)66-29(4-3-12-58-50(57)78)46(76)65-27-7-5-25(6-8-27)16-84-52(80)70-15-26(53)14-28(70)17-83-51(79)68-43-39-45(62-21-60-43)72(23-64-39)49-36(55)41-31(88-49)19-86-91(81,93)89-40-30(18-85-92(82,94)90-41)87-48(35(40)54)71-22-63-38-42(56)59-20-61-44(38)71/h5-10,20-24,26,28-31,35-37,40-41,48-49H,3-4,11-19H2,1-2H3,(H,65,76)(H,66,77)(H,67,73)(H,81,93)(H,82,94)(H2,56,59,61)(H3,57,58,78)(H,60,62,68,79)/t26-,28-,29-,30+,31+,35+,36+,37-,40+,41+,48+,49?,91?,92?/m0/s1. The molecule has 42 heteroatoms. The Bertz CT molecular complexity index is 3830. The number of aromatic nitrogens is 8. The second-order valence-corrected chi connectivity index (χ2v) is 27.8. The Morgan fingerprint density at radius 2 is 1.46 bits per heavy atom. The normalized spacial score (nSPS) is 27.7. The number of rotatable bonds is 20. The van der Waals surface area contributed by atoms with Crippen LogP contribution >= 0.6 is 25.8 Å². The number of thiol groups is 1. The molecule has 506 valence electrons. The van der Waals surface area contributed by atoms with Crippen LogP contribution in [0.25, 0.3) is 22.3 Å². The number of fused-ring (bicyclic) bond motifs is 4. The summed E-state index contributed by atoms with van der Waals surface area (Å²) in [6, 6.07) is 1.88. The van der Waals surface area contributed by atoms with Gasteiger partial charge in [0, 0.05) is 43.8 Å². The van der Waals surface area contributed by atoms with E-state index in [4.69, 9.17) is 60.3 Å². The molecule has 3 unspecified atom stereocenters. The highest BCUT2D eigenvalue weighted by Gasteiger charge is 2.54. The Kier molecular flexibility index (Phi) is 21.5. The zero-order valence-corrected chi connectivity index (χ0v) is 53.0. The highest BCUT2D eigenvalue weighted by atomic mass is 32.7. The summed E-state index contributed by atoms with van der Waals surface area (Å²) in [7, 11) is 0. The third-order valence-electron chi connectivity index (χ3n) is 15.3. The van der Waals surface area contributed by atoms with E-state index in [1.807, 2.05) is 0 Å². The number of nitrogens with one attached hydrogen (secondary N) is 5. The van der Waals surface area contributed by atoms with Crippen molar-refractivity contribution in [2.75, 3.05) is 55.8 Å². The summed E-state index contributed by atoms with van der Waals surface area (Å²) >= 11 is 9.29. The summed E-state index contributed by atoms with van der Waals surface area (Å²) in [5.74, 6) is -3.88. The van der Waals surface area contributed by atoms with Crippen LogP contribution in [0.1, 0.15) is 57.6 Å². The molecule has 14 atom stereocenters. The SMILES string of the molecule is CC(C)[C@H](NC(=O)CCN1C(=O)C=CC1=O)C(=O)N[C@@H](CCCNC(N)=O)C(=O)Nc1ccc(COC(=O)N2C[C@@H](F)C[C@H]2COC(=O)Nc2ncnc3c2ncn3C2O[C@@H]3COP(O)(=S)O[C@H]4[C@@H](F)[C@H](n5cnc6c(N)ncnc65)O[C@@H]4COP(=O)(S)O[C@H]3[C@H]2F)cc1. The van der Waals surface area contributed by atoms with E-state index in [-0.39, 0.29) is 85.0 Å². The van der Waals surface area contributed by atoms with Crippen molar-refractivity contribution in [3.8, 4) is 0 Å². The van der Waals surface area contributed by atoms with Crippen LogP contribution in [0, 0.1) is 5.92 Å². The fourth-order valence-corrected chi connectivity index (χ4v) is 13.5. The van der Waals surface area contributed by atoms with E-state index in [0.29, 0.717) is 5.56 Å². The average molecular weight is 1400 g/mol. The van der Waals surface area contributed by atoms with Gasteiger partial charge in [0.25, 0.3) is 11.8 Å². The quantitative estimate of drug-likeness (QED) is 0.0234. The van der Waals surface area contributed by atoms with Gasteiger partial charge in [-0.3, -0.25) is 61.8 Å². The lowest BCUT2D eigenvalue weighted by molar-refractivity contribution is -0.137. The molecule has 0 radical (unpaired) electrons. The Hall–Kier alpha value is -8.04. The lowest BCUT2D eigenvalue weighted by Gasteiger charge is -2.29. The molecule has 0 saturated carbocycles. The van der Waals surface area contributed by atoms with Gasteiger partial charge in [0.15, 0.2) is 53.2 Å². The van der Waals surface area contributed by atoms with Gasteiger partial charge in [-0.2, -0.15) is 0 Å². The monoisotopic (exact) mass is 1400 g/mol.